The zero-order valence-corrected chi connectivity index (χ0v) is 19.1. The monoisotopic (exact) mass is 452 g/mol. The van der Waals surface area contributed by atoms with E-state index in [9.17, 15) is 0 Å². The van der Waals surface area contributed by atoms with Crippen molar-refractivity contribution in [2.45, 2.75) is 24.6 Å². The fourth-order valence-electron chi connectivity index (χ4n) is 4.65. The van der Waals surface area contributed by atoms with Crippen LogP contribution in [0.5, 0.6) is 6.01 Å². The summed E-state index contributed by atoms with van der Waals surface area (Å²) < 4.78 is 5.48. The summed E-state index contributed by atoms with van der Waals surface area (Å²) in [5.74, 6) is 1.03. The number of nitrogens with zero attached hydrogens (tertiary/aromatic N) is 4. The van der Waals surface area contributed by atoms with E-state index in [4.69, 9.17) is 26.3 Å². The lowest BCUT2D eigenvalue weighted by Crippen LogP contribution is -2.34. The minimum absolute atomic E-state index is 0.436. The quantitative estimate of drug-likeness (QED) is 0.522. The van der Waals surface area contributed by atoms with Crippen LogP contribution >= 0.6 is 23.4 Å². The molecule has 2 aliphatic rings. The molecule has 0 spiro atoms. The van der Waals surface area contributed by atoms with Crippen LogP contribution < -0.4 is 14.5 Å². The molecule has 0 bridgehead atoms. The van der Waals surface area contributed by atoms with E-state index in [2.05, 4.69) is 40.6 Å². The largest absolute Gasteiger partial charge is 0.467 e. The lowest BCUT2D eigenvalue weighted by molar-refractivity contribution is 0.376. The van der Waals surface area contributed by atoms with Gasteiger partial charge in [-0.1, -0.05) is 42.4 Å². The summed E-state index contributed by atoms with van der Waals surface area (Å²) in [6.45, 7) is 7.46. The van der Waals surface area contributed by atoms with Gasteiger partial charge < -0.3 is 14.5 Å². The summed E-state index contributed by atoms with van der Waals surface area (Å²) in [6.07, 6.45) is 2.03. The van der Waals surface area contributed by atoms with Gasteiger partial charge in [-0.2, -0.15) is 9.97 Å². The second-order valence-electron chi connectivity index (χ2n) is 7.91. The smallest absolute Gasteiger partial charge is 0.318 e. The standard InChI is InChI=1S/C24H25ClN4OS/c1-3-31-17-10-12-29(14-17)23-18-11-13-28(15-20(18)26-24(27-23)30-2)21-9-5-7-16-6-4-8-19(25)22(16)21/h3-9,17H,1,10-15H2,2H3. The Labute approximate surface area is 192 Å². The van der Waals surface area contributed by atoms with Gasteiger partial charge in [0.05, 0.1) is 24.4 Å². The number of hydrogen-bond donors (Lipinski definition) is 0. The number of benzene rings is 2. The lowest BCUT2D eigenvalue weighted by atomic mass is 10.0. The van der Waals surface area contributed by atoms with Gasteiger partial charge in [-0.05, 0) is 35.8 Å². The van der Waals surface area contributed by atoms with Gasteiger partial charge in [0.2, 0.25) is 0 Å². The molecule has 31 heavy (non-hydrogen) atoms. The number of hydrogen-bond acceptors (Lipinski definition) is 6. The number of fused-ring (bicyclic) bond motifs is 2. The van der Waals surface area contributed by atoms with Crippen LogP contribution in [0.25, 0.3) is 10.8 Å². The van der Waals surface area contributed by atoms with Gasteiger partial charge in [-0.25, -0.2) is 0 Å². The fraction of sp³-hybridized carbons (Fsp3) is 0.333. The molecule has 7 heteroatoms. The molecule has 0 aliphatic carbocycles. The van der Waals surface area contributed by atoms with Crippen LogP contribution in [0.4, 0.5) is 11.5 Å². The SMILES string of the molecule is C=CSC1CCN(c2nc(OC)nc3c2CCN(c2cccc4cccc(Cl)c24)C3)C1. The highest BCUT2D eigenvalue weighted by Gasteiger charge is 2.30. The van der Waals surface area contributed by atoms with Gasteiger partial charge in [0, 0.05) is 41.5 Å². The number of ether oxygens (including phenoxy) is 1. The van der Waals surface area contributed by atoms with E-state index in [1.54, 1.807) is 7.11 Å². The Morgan fingerprint density at radius 1 is 1.16 bits per heavy atom. The minimum atomic E-state index is 0.436. The molecular weight excluding hydrogens is 428 g/mol. The minimum Gasteiger partial charge on any atom is -0.467 e. The molecule has 1 atom stereocenters. The molecule has 3 aromatic rings. The number of aromatic nitrogens is 2. The summed E-state index contributed by atoms with van der Waals surface area (Å²) in [4.78, 5) is 14.3. The topological polar surface area (TPSA) is 41.5 Å². The van der Waals surface area contributed by atoms with Gasteiger partial charge in [-0.15, -0.1) is 11.8 Å². The maximum absolute atomic E-state index is 6.59. The van der Waals surface area contributed by atoms with Crippen molar-refractivity contribution < 1.29 is 4.74 Å². The van der Waals surface area contributed by atoms with Crippen LogP contribution in [0.3, 0.4) is 0 Å². The number of thioether (sulfide) groups is 1. The van der Waals surface area contributed by atoms with Gasteiger partial charge >= 0.3 is 6.01 Å². The third-order valence-corrected chi connectivity index (χ3v) is 7.39. The average molecular weight is 453 g/mol. The van der Waals surface area contributed by atoms with Crippen molar-refractivity contribution in [3.63, 3.8) is 0 Å². The van der Waals surface area contributed by atoms with Crippen LogP contribution in [0.2, 0.25) is 5.02 Å². The first-order valence-corrected chi connectivity index (χ1v) is 11.9. The Hall–Kier alpha value is -2.44. The number of halogens is 1. The first-order chi connectivity index (χ1) is 15.2. The highest BCUT2D eigenvalue weighted by atomic mass is 35.5. The molecule has 0 radical (unpaired) electrons. The molecule has 1 unspecified atom stereocenters. The van der Waals surface area contributed by atoms with Gasteiger partial charge in [0.15, 0.2) is 0 Å². The molecule has 2 aliphatic heterocycles. The zero-order chi connectivity index (χ0) is 21.4. The Morgan fingerprint density at radius 3 is 2.81 bits per heavy atom. The lowest BCUT2D eigenvalue weighted by Gasteiger charge is -2.33. The molecule has 0 saturated carbocycles. The van der Waals surface area contributed by atoms with E-state index in [0.29, 0.717) is 17.8 Å². The molecule has 1 saturated heterocycles. The first-order valence-electron chi connectivity index (χ1n) is 10.5. The third-order valence-electron chi connectivity index (χ3n) is 6.11. The van der Waals surface area contributed by atoms with E-state index in [1.807, 2.05) is 29.3 Å². The highest BCUT2D eigenvalue weighted by molar-refractivity contribution is 8.02. The molecule has 2 aromatic carbocycles. The molecule has 1 fully saturated rings. The number of rotatable bonds is 5. The highest BCUT2D eigenvalue weighted by Crippen LogP contribution is 2.37. The number of methoxy groups -OCH3 is 1. The summed E-state index contributed by atoms with van der Waals surface area (Å²) in [7, 11) is 1.64. The van der Waals surface area contributed by atoms with Crippen LogP contribution in [-0.2, 0) is 13.0 Å². The van der Waals surface area contributed by atoms with Crippen molar-refractivity contribution >= 4 is 45.6 Å². The van der Waals surface area contributed by atoms with Crippen molar-refractivity contribution in [1.29, 1.82) is 0 Å². The predicted octanol–water partition coefficient (Wildman–Crippen LogP) is 5.31. The van der Waals surface area contributed by atoms with Crippen LogP contribution in [0.15, 0.2) is 48.4 Å². The van der Waals surface area contributed by atoms with E-state index >= 15 is 0 Å². The normalized spacial score (nSPS) is 18.3. The summed E-state index contributed by atoms with van der Waals surface area (Å²) >= 11 is 8.40. The second-order valence-corrected chi connectivity index (χ2v) is 9.58. The summed E-state index contributed by atoms with van der Waals surface area (Å²) in [6, 6.07) is 12.9. The molecule has 3 heterocycles. The molecule has 0 N–H and O–H groups in total. The Morgan fingerprint density at radius 2 is 2.00 bits per heavy atom. The third kappa shape index (κ3) is 3.83. The summed E-state index contributed by atoms with van der Waals surface area (Å²) in [5.41, 5.74) is 3.43. The average Bonchev–Trinajstić information content (AvgIpc) is 3.26. The molecule has 5 rings (SSSR count). The van der Waals surface area contributed by atoms with Crippen LogP contribution in [0, 0.1) is 0 Å². The van der Waals surface area contributed by atoms with E-state index in [-0.39, 0.29) is 0 Å². The van der Waals surface area contributed by atoms with E-state index < -0.39 is 0 Å². The fourth-order valence-corrected chi connectivity index (χ4v) is 5.71. The molecule has 5 nitrogen and oxygen atoms in total. The molecule has 1 aromatic heterocycles. The van der Waals surface area contributed by atoms with Gasteiger partial charge in [0.25, 0.3) is 0 Å². The van der Waals surface area contributed by atoms with Crippen molar-refractivity contribution in [3.8, 4) is 6.01 Å². The van der Waals surface area contributed by atoms with Gasteiger partial charge in [0.1, 0.15) is 5.82 Å². The van der Waals surface area contributed by atoms with E-state index in [1.165, 1.54) is 5.56 Å². The second kappa shape index (κ2) is 8.60. The Balaban J connectivity index is 1.50. The van der Waals surface area contributed by atoms with Crippen molar-refractivity contribution in [2.75, 3.05) is 36.5 Å². The van der Waals surface area contributed by atoms with Crippen molar-refractivity contribution in [1.82, 2.24) is 9.97 Å². The van der Waals surface area contributed by atoms with Crippen molar-refractivity contribution in [3.05, 3.63) is 64.7 Å². The Kier molecular flexibility index (Phi) is 5.67. The van der Waals surface area contributed by atoms with E-state index in [0.717, 1.165) is 65.5 Å². The van der Waals surface area contributed by atoms with Crippen molar-refractivity contribution in [2.24, 2.45) is 0 Å². The van der Waals surface area contributed by atoms with Crippen LogP contribution in [-0.4, -0.2) is 42.0 Å². The van der Waals surface area contributed by atoms with Gasteiger partial charge in [-0.3, -0.25) is 0 Å². The number of anilines is 2. The molecule has 0 amide bonds. The maximum atomic E-state index is 6.59. The summed E-state index contributed by atoms with van der Waals surface area (Å²) in [5, 5.41) is 5.53. The molecule has 160 valence electrons. The maximum Gasteiger partial charge on any atom is 0.318 e. The predicted molar refractivity (Wildman–Crippen MR) is 131 cm³/mol. The van der Waals surface area contributed by atoms with Crippen LogP contribution in [0.1, 0.15) is 17.7 Å². The Bertz CT molecular complexity index is 1130. The zero-order valence-electron chi connectivity index (χ0n) is 17.6. The first kappa shape index (κ1) is 20.5. The molecular formula is C24H25ClN4OS.